The first-order valence-electron chi connectivity index (χ1n) is 8.72. The molecule has 1 heterocycles. The zero-order valence-corrected chi connectivity index (χ0v) is 15.4. The van der Waals surface area contributed by atoms with Gasteiger partial charge in [-0.25, -0.2) is 4.79 Å². The number of phenolic OH excluding ortho intramolecular Hbond substituents is 1. The van der Waals surface area contributed by atoms with Gasteiger partial charge in [-0.3, -0.25) is 4.79 Å². The van der Waals surface area contributed by atoms with Gasteiger partial charge in [0.05, 0.1) is 6.61 Å². The maximum Gasteiger partial charge on any atom is 0.333 e. The molecule has 0 aliphatic heterocycles. The van der Waals surface area contributed by atoms with Crippen molar-refractivity contribution >= 4 is 22.9 Å². The average molecular weight is 380 g/mol. The number of phenols is 1. The van der Waals surface area contributed by atoms with Crippen molar-refractivity contribution in [2.45, 2.75) is 13.3 Å². The van der Waals surface area contributed by atoms with Gasteiger partial charge < -0.3 is 15.2 Å². The summed E-state index contributed by atoms with van der Waals surface area (Å²) in [6.07, 6.45) is 0.474. The van der Waals surface area contributed by atoms with E-state index in [1.165, 1.54) is 23.0 Å². The number of hydrogen-bond acceptors (Lipinski definition) is 6. The molecule has 0 aliphatic carbocycles. The van der Waals surface area contributed by atoms with E-state index in [0.717, 1.165) is 0 Å². The van der Waals surface area contributed by atoms with Crippen molar-refractivity contribution in [3.8, 4) is 11.4 Å². The summed E-state index contributed by atoms with van der Waals surface area (Å²) < 4.78 is 4.97. The molecule has 2 aromatic carbocycles. The molecular formula is C20H20N4O4. The van der Waals surface area contributed by atoms with Gasteiger partial charge >= 0.3 is 5.97 Å². The topological polar surface area (TPSA) is 106 Å². The summed E-state index contributed by atoms with van der Waals surface area (Å²) in [5, 5.41) is 21.5. The Bertz CT molecular complexity index is 1010. The SMILES string of the molecule is C=C(C)C(=O)OCCCNC(=O)c1ccc(O)c(-n2nc3ccccc3n2)c1. The molecule has 0 unspecified atom stereocenters. The molecule has 0 bridgehead atoms. The number of aromatic nitrogens is 3. The second kappa shape index (κ2) is 8.34. The van der Waals surface area contributed by atoms with Gasteiger partial charge in [0.15, 0.2) is 0 Å². The van der Waals surface area contributed by atoms with Gasteiger partial charge in [0.25, 0.3) is 5.91 Å². The second-order valence-corrected chi connectivity index (χ2v) is 6.21. The summed E-state index contributed by atoms with van der Waals surface area (Å²) in [6, 6.07) is 11.8. The summed E-state index contributed by atoms with van der Waals surface area (Å²) in [5.41, 5.74) is 2.36. The lowest BCUT2D eigenvalue weighted by Crippen LogP contribution is -2.25. The Morgan fingerprint density at radius 2 is 1.86 bits per heavy atom. The van der Waals surface area contributed by atoms with Crippen molar-refractivity contribution in [1.82, 2.24) is 20.3 Å². The van der Waals surface area contributed by atoms with Crippen LogP contribution in [0.2, 0.25) is 0 Å². The monoisotopic (exact) mass is 380 g/mol. The lowest BCUT2D eigenvalue weighted by molar-refractivity contribution is -0.138. The third-order valence-electron chi connectivity index (χ3n) is 3.93. The third-order valence-corrected chi connectivity index (χ3v) is 3.93. The minimum absolute atomic E-state index is 0.0384. The number of aromatic hydroxyl groups is 1. The molecule has 8 heteroatoms. The highest BCUT2D eigenvalue weighted by atomic mass is 16.5. The van der Waals surface area contributed by atoms with Crippen LogP contribution in [0.5, 0.6) is 5.75 Å². The fourth-order valence-electron chi connectivity index (χ4n) is 2.46. The van der Waals surface area contributed by atoms with E-state index in [1.807, 2.05) is 24.3 Å². The first-order valence-corrected chi connectivity index (χ1v) is 8.72. The molecule has 144 valence electrons. The van der Waals surface area contributed by atoms with Crippen LogP contribution in [0, 0.1) is 0 Å². The molecule has 3 aromatic rings. The number of carbonyl (C=O) groups excluding carboxylic acids is 2. The van der Waals surface area contributed by atoms with E-state index >= 15 is 0 Å². The molecule has 0 spiro atoms. The molecule has 8 nitrogen and oxygen atoms in total. The average Bonchev–Trinajstić information content (AvgIpc) is 3.11. The number of amides is 1. The van der Waals surface area contributed by atoms with Gasteiger partial charge in [0, 0.05) is 17.7 Å². The Hall–Kier alpha value is -3.68. The molecule has 0 aliphatic rings. The maximum absolute atomic E-state index is 12.4. The number of nitrogens with zero attached hydrogens (tertiary/aromatic N) is 3. The van der Waals surface area contributed by atoms with E-state index in [4.69, 9.17) is 4.74 Å². The predicted octanol–water partition coefficient (Wildman–Crippen LogP) is 2.37. The highest BCUT2D eigenvalue weighted by Gasteiger charge is 2.13. The molecule has 0 saturated carbocycles. The number of benzene rings is 2. The number of carbonyl (C=O) groups is 2. The number of esters is 1. The van der Waals surface area contributed by atoms with E-state index in [0.29, 0.717) is 40.8 Å². The van der Waals surface area contributed by atoms with Crippen molar-refractivity contribution in [1.29, 1.82) is 0 Å². The van der Waals surface area contributed by atoms with Gasteiger partial charge in [-0.05, 0) is 43.7 Å². The van der Waals surface area contributed by atoms with Crippen LogP contribution in [-0.4, -0.2) is 45.1 Å². The van der Waals surface area contributed by atoms with Gasteiger partial charge in [0.2, 0.25) is 0 Å². The van der Waals surface area contributed by atoms with Gasteiger partial charge in [-0.2, -0.15) is 0 Å². The van der Waals surface area contributed by atoms with Gasteiger partial charge in [-0.1, -0.05) is 18.7 Å². The zero-order chi connectivity index (χ0) is 20.1. The van der Waals surface area contributed by atoms with Crippen LogP contribution >= 0.6 is 0 Å². The van der Waals surface area contributed by atoms with E-state index in [-0.39, 0.29) is 18.3 Å². The highest BCUT2D eigenvalue weighted by Crippen LogP contribution is 2.23. The van der Waals surface area contributed by atoms with Gasteiger partial charge in [0.1, 0.15) is 22.5 Å². The Morgan fingerprint density at radius 3 is 2.50 bits per heavy atom. The Labute approximate surface area is 161 Å². The van der Waals surface area contributed by atoms with Crippen LogP contribution in [0.25, 0.3) is 16.7 Å². The van der Waals surface area contributed by atoms with Crippen molar-refractivity contribution in [3.63, 3.8) is 0 Å². The molecule has 1 amide bonds. The fraction of sp³-hybridized carbons (Fsp3) is 0.200. The highest BCUT2D eigenvalue weighted by molar-refractivity contribution is 5.95. The summed E-state index contributed by atoms with van der Waals surface area (Å²) >= 11 is 0. The van der Waals surface area contributed by atoms with E-state index in [9.17, 15) is 14.7 Å². The maximum atomic E-state index is 12.4. The smallest absolute Gasteiger partial charge is 0.333 e. The predicted molar refractivity (Wildman–Crippen MR) is 103 cm³/mol. The third kappa shape index (κ3) is 4.35. The van der Waals surface area contributed by atoms with Crippen molar-refractivity contribution in [3.05, 3.63) is 60.2 Å². The molecule has 1 aromatic heterocycles. The Balaban J connectivity index is 1.65. The number of rotatable bonds is 7. The fourth-order valence-corrected chi connectivity index (χ4v) is 2.46. The largest absolute Gasteiger partial charge is 0.506 e. The molecule has 3 rings (SSSR count). The molecule has 0 radical (unpaired) electrons. The van der Waals surface area contributed by atoms with Crippen LogP contribution in [0.4, 0.5) is 0 Å². The lowest BCUT2D eigenvalue weighted by atomic mass is 10.1. The standard InChI is InChI=1S/C20H20N4O4/c1-13(2)20(27)28-11-5-10-21-19(26)14-8-9-18(25)17(12-14)24-22-15-6-3-4-7-16(15)23-24/h3-4,6-9,12,25H,1,5,10-11H2,2H3,(H,21,26). The van der Waals surface area contributed by atoms with E-state index in [2.05, 4.69) is 22.1 Å². The van der Waals surface area contributed by atoms with Crippen LogP contribution in [0.3, 0.4) is 0 Å². The number of nitrogens with one attached hydrogen (secondary N) is 1. The first kappa shape index (κ1) is 19.1. The van der Waals surface area contributed by atoms with Crippen molar-refractivity contribution in [2.75, 3.05) is 13.2 Å². The van der Waals surface area contributed by atoms with Gasteiger partial charge in [-0.15, -0.1) is 15.0 Å². The zero-order valence-electron chi connectivity index (χ0n) is 15.4. The minimum atomic E-state index is -0.450. The normalized spacial score (nSPS) is 10.6. The number of ether oxygens (including phenoxy) is 1. The van der Waals surface area contributed by atoms with Crippen LogP contribution in [-0.2, 0) is 9.53 Å². The quantitative estimate of drug-likeness (QED) is 0.370. The minimum Gasteiger partial charge on any atom is -0.506 e. The summed E-state index contributed by atoms with van der Waals surface area (Å²) in [5.74, 6) is -0.804. The summed E-state index contributed by atoms with van der Waals surface area (Å²) in [4.78, 5) is 24.9. The summed E-state index contributed by atoms with van der Waals surface area (Å²) in [7, 11) is 0. The van der Waals surface area contributed by atoms with Crippen molar-refractivity contribution < 1.29 is 19.4 Å². The van der Waals surface area contributed by atoms with Crippen LogP contribution in [0.15, 0.2) is 54.6 Å². The lowest BCUT2D eigenvalue weighted by Gasteiger charge is -2.08. The second-order valence-electron chi connectivity index (χ2n) is 6.21. The first-order chi connectivity index (χ1) is 13.5. The van der Waals surface area contributed by atoms with E-state index < -0.39 is 5.97 Å². The molecule has 2 N–H and O–H groups in total. The van der Waals surface area contributed by atoms with Crippen LogP contribution in [0.1, 0.15) is 23.7 Å². The summed E-state index contributed by atoms with van der Waals surface area (Å²) in [6.45, 7) is 5.60. The Morgan fingerprint density at radius 1 is 1.18 bits per heavy atom. The van der Waals surface area contributed by atoms with E-state index in [1.54, 1.807) is 6.92 Å². The molecule has 28 heavy (non-hydrogen) atoms. The molecular weight excluding hydrogens is 360 g/mol. The molecule has 0 saturated heterocycles. The number of hydrogen-bond donors (Lipinski definition) is 2. The number of fused-ring (bicyclic) bond motifs is 1. The Kier molecular flexibility index (Phi) is 5.69. The molecule has 0 fully saturated rings. The van der Waals surface area contributed by atoms with Crippen LogP contribution < -0.4 is 5.32 Å². The molecule has 0 atom stereocenters. The van der Waals surface area contributed by atoms with Crippen molar-refractivity contribution in [2.24, 2.45) is 0 Å².